The van der Waals surface area contributed by atoms with Crippen LogP contribution in [0.5, 0.6) is 0 Å². The van der Waals surface area contributed by atoms with E-state index in [2.05, 4.69) is 10.3 Å². The number of hydrogen-bond donors (Lipinski definition) is 2. The zero-order valence-corrected chi connectivity index (χ0v) is 12.7. The third-order valence-corrected chi connectivity index (χ3v) is 4.34. The first-order valence-corrected chi connectivity index (χ1v) is 7.53. The number of halogens is 1. The Morgan fingerprint density at radius 1 is 1.24 bits per heavy atom. The van der Waals surface area contributed by atoms with Gasteiger partial charge < -0.3 is 11.1 Å². The average Bonchev–Trinajstić information content (AvgIpc) is 2.79. The fraction of sp³-hybridized carbons (Fsp3) is 0.188. The van der Waals surface area contributed by atoms with E-state index in [9.17, 15) is 4.39 Å². The molecule has 3 nitrogen and oxygen atoms in total. The van der Waals surface area contributed by atoms with Gasteiger partial charge in [0.25, 0.3) is 0 Å². The molecule has 0 aliphatic carbocycles. The molecule has 3 aromatic rings. The Bertz CT molecular complexity index is 780. The number of fused-ring (bicyclic) bond motifs is 1. The summed E-state index contributed by atoms with van der Waals surface area (Å²) < 4.78 is 14.1. The van der Waals surface area contributed by atoms with E-state index in [4.69, 9.17) is 5.73 Å². The largest absolute Gasteiger partial charge is 0.397 e. The Labute approximate surface area is 126 Å². The predicted octanol–water partition coefficient (Wildman–Crippen LogP) is 4.50. The molecule has 0 amide bonds. The molecule has 5 heteroatoms. The van der Waals surface area contributed by atoms with Crippen molar-refractivity contribution in [1.29, 1.82) is 0 Å². The van der Waals surface area contributed by atoms with Crippen LogP contribution in [0.4, 0.5) is 15.8 Å². The van der Waals surface area contributed by atoms with Crippen molar-refractivity contribution in [3.05, 3.63) is 52.8 Å². The summed E-state index contributed by atoms with van der Waals surface area (Å²) in [5.41, 5.74) is 9.60. The minimum atomic E-state index is -0.232. The van der Waals surface area contributed by atoms with Gasteiger partial charge >= 0.3 is 0 Å². The zero-order chi connectivity index (χ0) is 15.0. The van der Waals surface area contributed by atoms with Crippen molar-refractivity contribution in [3.8, 4) is 0 Å². The molecule has 3 N–H and O–H groups in total. The van der Waals surface area contributed by atoms with E-state index in [0.717, 1.165) is 26.5 Å². The van der Waals surface area contributed by atoms with Gasteiger partial charge in [-0.05, 0) is 43.7 Å². The number of aromatic nitrogens is 1. The molecular formula is C16H16FN3S. The molecular weight excluding hydrogens is 285 g/mol. The van der Waals surface area contributed by atoms with Crippen LogP contribution in [0, 0.1) is 12.7 Å². The molecule has 1 atom stereocenters. The number of nitrogens with one attached hydrogen (secondary N) is 1. The fourth-order valence-electron chi connectivity index (χ4n) is 2.30. The van der Waals surface area contributed by atoms with Crippen LogP contribution in [0.2, 0.25) is 0 Å². The summed E-state index contributed by atoms with van der Waals surface area (Å²) in [6, 6.07) is 10.4. The molecule has 0 saturated heterocycles. The van der Waals surface area contributed by atoms with Crippen molar-refractivity contribution < 1.29 is 4.39 Å². The van der Waals surface area contributed by atoms with Crippen LogP contribution in [-0.2, 0) is 0 Å². The molecule has 1 heterocycles. The summed E-state index contributed by atoms with van der Waals surface area (Å²) in [5, 5.41) is 4.39. The maximum absolute atomic E-state index is 13.0. The molecule has 0 saturated carbocycles. The lowest BCUT2D eigenvalue weighted by atomic mass is 10.1. The van der Waals surface area contributed by atoms with Crippen LogP contribution >= 0.6 is 11.3 Å². The number of rotatable bonds is 3. The van der Waals surface area contributed by atoms with Crippen LogP contribution in [-0.4, -0.2) is 4.98 Å². The second-order valence-electron chi connectivity index (χ2n) is 5.06. The van der Waals surface area contributed by atoms with Crippen LogP contribution in [0.15, 0.2) is 36.4 Å². The van der Waals surface area contributed by atoms with Crippen molar-refractivity contribution in [3.63, 3.8) is 0 Å². The highest BCUT2D eigenvalue weighted by Gasteiger charge is 2.10. The maximum Gasteiger partial charge on any atom is 0.123 e. The van der Waals surface area contributed by atoms with Crippen molar-refractivity contribution >= 4 is 32.9 Å². The first-order valence-electron chi connectivity index (χ1n) is 6.71. The highest BCUT2D eigenvalue weighted by Crippen LogP contribution is 2.31. The Kier molecular flexibility index (Phi) is 3.51. The summed E-state index contributed by atoms with van der Waals surface area (Å²) in [5.74, 6) is -0.232. The Morgan fingerprint density at radius 2 is 1.95 bits per heavy atom. The van der Waals surface area contributed by atoms with Gasteiger partial charge in [-0.1, -0.05) is 12.1 Å². The van der Waals surface area contributed by atoms with Gasteiger partial charge in [0, 0.05) is 6.04 Å². The molecule has 0 aliphatic rings. The molecule has 0 spiro atoms. The fourth-order valence-corrected chi connectivity index (χ4v) is 3.16. The molecule has 0 fully saturated rings. The highest BCUT2D eigenvalue weighted by atomic mass is 32.1. The molecule has 0 aliphatic heterocycles. The number of nitrogen functional groups attached to an aromatic ring is 1. The minimum absolute atomic E-state index is 0.0325. The van der Waals surface area contributed by atoms with E-state index < -0.39 is 0 Å². The van der Waals surface area contributed by atoms with Crippen molar-refractivity contribution in [2.45, 2.75) is 19.9 Å². The van der Waals surface area contributed by atoms with Gasteiger partial charge in [-0.15, -0.1) is 11.3 Å². The molecule has 3 rings (SSSR count). The molecule has 1 unspecified atom stereocenters. The number of aryl methyl sites for hydroxylation is 1. The third kappa shape index (κ3) is 2.83. The first-order chi connectivity index (χ1) is 10.0. The number of nitrogens with two attached hydrogens (primary N) is 1. The number of nitrogens with zero attached hydrogens (tertiary/aromatic N) is 1. The van der Waals surface area contributed by atoms with Gasteiger partial charge in [0.15, 0.2) is 0 Å². The normalized spacial score (nSPS) is 12.5. The van der Waals surface area contributed by atoms with Crippen molar-refractivity contribution in [2.75, 3.05) is 11.1 Å². The van der Waals surface area contributed by atoms with Crippen LogP contribution in [0.25, 0.3) is 10.2 Å². The molecule has 21 heavy (non-hydrogen) atoms. The monoisotopic (exact) mass is 301 g/mol. The van der Waals surface area contributed by atoms with Crippen molar-refractivity contribution in [2.24, 2.45) is 0 Å². The van der Waals surface area contributed by atoms with Gasteiger partial charge in [0.05, 0.1) is 26.6 Å². The van der Waals surface area contributed by atoms with E-state index in [-0.39, 0.29) is 11.9 Å². The lowest BCUT2D eigenvalue weighted by Gasteiger charge is -2.17. The van der Waals surface area contributed by atoms with Gasteiger partial charge in [0.1, 0.15) is 5.82 Å². The summed E-state index contributed by atoms with van der Waals surface area (Å²) >= 11 is 1.63. The van der Waals surface area contributed by atoms with E-state index in [0.29, 0.717) is 5.69 Å². The number of thiazole rings is 1. The molecule has 1 aromatic heterocycles. The molecule has 2 aromatic carbocycles. The number of hydrogen-bond acceptors (Lipinski definition) is 4. The van der Waals surface area contributed by atoms with Crippen molar-refractivity contribution in [1.82, 2.24) is 4.98 Å². The quantitative estimate of drug-likeness (QED) is 0.700. The van der Waals surface area contributed by atoms with E-state index >= 15 is 0 Å². The van der Waals surface area contributed by atoms with E-state index in [1.165, 1.54) is 12.1 Å². The zero-order valence-electron chi connectivity index (χ0n) is 11.9. The minimum Gasteiger partial charge on any atom is -0.397 e. The Hall–Kier alpha value is -2.14. The van der Waals surface area contributed by atoms with Crippen LogP contribution in [0.3, 0.4) is 0 Å². The lowest BCUT2D eigenvalue weighted by molar-refractivity contribution is 0.626. The standard InChI is InChI=1S/C16H16FN3S/c1-9(11-3-5-12(17)6-4-11)19-14-8-15-16(7-13(14)18)21-10(2)20-15/h3-9,19H,18H2,1-2H3. The summed E-state index contributed by atoms with van der Waals surface area (Å²) in [4.78, 5) is 4.48. The Balaban J connectivity index is 1.89. The van der Waals surface area contributed by atoms with E-state index in [1.807, 2.05) is 26.0 Å². The SMILES string of the molecule is Cc1nc2cc(NC(C)c3ccc(F)cc3)c(N)cc2s1. The Morgan fingerprint density at radius 3 is 2.67 bits per heavy atom. The molecule has 108 valence electrons. The molecule has 0 bridgehead atoms. The summed E-state index contributed by atoms with van der Waals surface area (Å²) in [6.45, 7) is 4.00. The van der Waals surface area contributed by atoms with Gasteiger partial charge in [-0.25, -0.2) is 9.37 Å². The maximum atomic E-state index is 13.0. The van der Waals surface area contributed by atoms with E-state index in [1.54, 1.807) is 23.5 Å². The second-order valence-corrected chi connectivity index (χ2v) is 6.29. The summed E-state index contributed by atoms with van der Waals surface area (Å²) in [6.07, 6.45) is 0. The van der Waals surface area contributed by atoms with Gasteiger partial charge in [-0.2, -0.15) is 0 Å². The molecule has 0 radical (unpaired) electrons. The van der Waals surface area contributed by atoms with Crippen LogP contribution in [0.1, 0.15) is 23.5 Å². The number of anilines is 2. The third-order valence-electron chi connectivity index (χ3n) is 3.41. The predicted molar refractivity (Wildman–Crippen MR) is 87.2 cm³/mol. The average molecular weight is 301 g/mol. The first kappa shape index (κ1) is 13.8. The highest BCUT2D eigenvalue weighted by molar-refractivity contribution is 7.18. The smallest absolute Gasteiger partial charge is 0.123 e. The second kappa shape index (κ2) is 5.33. The van der Waals surface area contributed by atoms with Gasteiger partial charge in [-0.3, -0.25) is 0 Å². The van der Waals surface area contributed by atoms with Gasteiger partial charge in [0.2, 0.25) is 0 Å². The number of benzene rings is 2. The topological polar surface area (TPSA) is 50.9 Å². The lowest BCUT2D eigenvalue weighted by Crippen LogP contribution is -2.08. The summed E-state index contributed by atoms with van der Waals surface area (Å²) in [7, 11) is 0. The van der Waals surface area contributed by atoms with Crippen LogP contribution < -0.4 is 11.1 Å².